The smallest absolute Gasteiger partial charge is 0.305 e. The van der Waals surface area contributed by atoms with Crippen molar-refractivity contribution in [3.8, 4) is 0 Å². The van der Waals surface area contributed by atoms with Gasteiger partial charge in [0, 0.05) is 50.2 Å². The van der Waals surface area contributed by atoms with Gasteiger partial charge in [0.1, 0.15) is 24.6 Å². The number of halogens is 2. The molecule has 18 heteroatoms. The fourth-order valence-electron chi connectivity index (χ4n) is 5.47. The molecule has 0 fully saturated rings. The van der Waals surface area contributed by atoms with Crippen molar-refractivity contribution in [1.82, 2.24) is 10.6 Å². The Bertz CT molecular complexity index is 1910. The molecule has 0 aliphatic rings. The number of nitro groups is 2. The third-order valence-corrected chi connectivity index (χ3v) is 9.34. The number of hydrogen-bond acceptors (Lipinski definition) is 14. The Morgan fingerprint density at radius 2 is 0.932 bits per heavy atom. The average molecular weight is 850 g/mol. The first-order valence-corrected chi connectivity index (χ1v) is 19.9. The number of nitrogens with one attached hydrogen (secondary N) is 2. The second kappa shape index (κ2) is 25.6. The number of hydrogen-bond donors (Lipinski definition) is 2. The summed E-state index contributed by atoms with van der Waals surface area (Å²) in [5.41, 5.74) is 3.90. The quantitative estimate of drug-likeness (QED) is 0.0200. The molecule has 0 aromatic heterocycles. The van der Waals surface area contributed by atoms with Gasteiger partial charge in [0.15, 0.2) is 0 Å². The van der Waals surface area contributed by atoms with Crippen LogP contribution in [0.5, 0.6) is 0 Å². The number of benzene rings is 4. The summed E-state index contributed by atoms with van der Waals surface area (Å²) in [6, 6.07) is 23.1. The van der Waals surface area contributed by atoms with E-state index in [1.54, 1.807) is 0 Å². The number of unbranched alkanes of at least 4 members (excludes halogenated alkanes) is 4. The van der Waals surface area contributed by atoms with Crippen LogP contribution in [0.2, 0.25) is 10.0 Å². The lowest BCUT2D eigenvalue weighted by Crippen LogP contribution is -2.23. The van der Waals surface area contributed by atoms with Crippen molar-refractivity contribution in [2.45, 2.75) is 57.8 Å². The van der Waals surface area contributed by atoms with Crippen LogP contribution in [0.15, 0.2) is 105 Å². The van der Waals surface area contributed by atoms with E-state index in [1.807, 2.05) is 48.5 Å². The molecule has 16 nitrogen and oxygen atoms in total. The van der Waals surface area contributed by atoms with Crippen LogP contribution in [-0.2, 0) is 31.9 Å². The number of azo groups is 2. The molecular weight excluding hydrogens is 803 g/mol. The molecular formula is C41H46Cl2N8O8. The summed E-state index contributed by atoms with van der Waals surface area (Å²) in [5, 5.41) is 45.0. The zero-order valence-corrected chi connectivity index (χ0v) is 33.9. The fourth-order valence-corrected chi connectivity index (χ4v) is 5.89. The minimum atomic E-state index is -0.523. The Hall–Kier alpha value is -5.68. The van der Waals surface area contributed by atoms with Crippen LogP contribution in [0.4, 0.5) is 34.1 Å². The van der Waals surface area contributed by atoms with Crippen LogP contribution in [-0.4, -0.2) is 61.2 Å². The van der Waals surface area contributed by atoms with Crippen LogP contribution in [0, 0.1) is 20.2 Å². The van der Waals surface area contributed by atoms with Crippen LogP contribution >= 0.6 is 23.2 Å². The molecule has 312 valence electrons. The first kappa shape index (κ1) is 46.0. The molecule has 0 aliphatic carbocycles. The number of ether oxygens (including phenoxy) is 2. The van der Waals surface area contributed by atoms with Crippen molar-refractivity contribution in [2.24, 2.45) is 20.5 Å². The molecule has 0 amide bonds. The summed E-state index contributed by atoms with van der Waals surface area (Å²) in [4.78, 5) is 44.8. The van der Waals surface area contributed by atoms with Gasteiger partial charge in [-0.25, -0.2) is 0 Å². The van der Waals surface area contributed by atoms with Gasteiger partial charge in [-0.05, 0) is 86.3 Å². The summed E-state index contributed by atoms with van der Waals surface area (Å²) < 4.78 is 10.6. The van der Waals surface area contributed by atoms with E-state index in [1.165, 1.54) is 36.4 Å². The van der Waals surface area contributed by atoms with Gasteiger partial charge in [0.2, 0.25) is 0 Å². The van der Waals surface area contributed by atoms with Crippen molar-refractivity contribution in [1.29, 1.82) is 0 Å². The number of carbonyl (C=O) groups is 2. The third kappa shape index (κ3) is 17.8. The van der Waals surface area contributed by atoms with E-state index in [0.717, 1.165) is 56.1 Å². The maximum atomic E-state index is 12.1. The van der Waals surface area contributed by atoms with Crippen molar-refractivity contribution >= 4 is 69.3 Å². The lowest BCUT2D eigenvalue weighted by molar-refractivity contribution is -0.385. The highest BCUT2D eigenvalue weighted by atomic mass is 35.5. The van der Waals surface area contributed by atoms with E-state index in [0.29, 0.717) is 75.0 Å². The minimum Gasteiger partial charge on any atom is -0.464 e. The monoisotopic (exact) mass is 848 g/mol. The van der Waals surface area contributed by atoms with Crippen molar-refractivity contribution in [3.63, 3.8) is 0 Å². The molecule has 59 heavy (non-hydrogen) atoms. The molecule has 0 saturated carbocycles. The molecule has 2 N–H and O–H groups in total. The van der Waals surface area contributed by atoms with Gasteiger partial charge in [-0.2, -0.15) is 10.2 Å². The van der Waals surface area contributed by atoms with Crippen LogP contribution in [0.3, 0.4) is 0 Å². The lowest BCUT2D eigenvalue weighted by atomic mass is 10.1. The van der Waals surface area contributed by atoms with Crippen LogP contribution < -0.4 is 10.6 Å². The summed E-state index contributed by atoms with van der Waals surface area (Å²) >= 11 is 12.1. The zero-order valence-electron chi connectivity index (χ0n) is 32.4. The number of nitro benzene ring substituents is 2. The number of non-ortho nitro benzene ring substituents is 2. The standard InChI is InChI=1S/C41H46Cl2N8O8/c42-36-28-34(50(54)55)16-18-38(36)48-46-32-12-8-30(9-13-32)20-22-44-24-26-58-40(52)6-4-2-1-3-5-7-41(53)59-27-25-45-23-21-31-10-14-33(15-11-31)47-49-39-19-17-35(51(56)57)29-37(39)43/h8-19,28-29,44-45H,1-7,20-27H2. The maximum absolute atomic E-state index is 12.1. The molecule has 0 radical (unpaired) electrons. The predicted molar refractivity (Wildman–Crippen MR) is 225 cm³/mol. The third-order valence-electron chi connectivity index (χ3n) is 8.73. The fraction of sp³-hybridized carbons (Fsp3) is 0.366. The lowest BCUT2D eigenvalue weighted by Gasteiger charge is -2.08. The van der Waals surface area contributed by atoms with Gasteiger partial charge in [0.25, 0.3) is 11.4 Å². The molecule has 0 heterocycles. The maximum Gasteiger partial charge on any atom is 0.305 e. The number of rotatable bonds is 26. The Morgan fingerprint density at radius 1 is 0.542 bits per heavy atom. The van der Waals surface area contributed by atoms with Gasteiger partial charge in [-0.3, -0.25) is 29.8 Å². The number of nitrogens with zero attached hydrogens (tertiary/aromatic N) is 6. The zero-order chi connectivity index (χ0) is 42.2. The SMILES string of the molecule is O=C(CCCCCCCC(=O)OCCNCCc1ccc(N=Nc2ccc([N+](=O)[O-])cc2Cl)cc1)OCCNCCc1ccc(N=Nc2ccc([N+](=O)[O-])cc2Cl)cc1. The van der Waals surface area contributed by atoms with Gasteiger partial charge in [-0.15, -0.1) is 10.2 Å². The van der Waals surface area contributed by atoms with Gasteiger partial charge < -0.3 is 20.1 Å². The number of esters is 2. The topological polar surface area (TPSA) is 212 Å². The Labute approximate surface area is 351 Å². The summed E-state index contributed by atoms with van der Waals surface area (Å²) in [5.74, 6) is -0.428. The average Bonchev–Trinajstić information content (AvgIpc) is 3.22. The Morgan fingerprint density at radius 3 is 1.31 bits per heavy atom. The van der Waals surface area contributed by atoms with E-state index in [2.05, 4.69) is 31.1 Å². The van der Waals surface area contributed by atoms with Gasteiger partial charge >= 0.3 is 11.9 Å². The van der Waals surface area contributed by atoms with E-state index >= 15 is 0 Å². The molecule has 4 aromatic rings. The molecule has 4 rings (SSSR count). The van der Waals surface area contributed by atoms with Gasteiger partial charge in [-0.1, -0.05) is 66.7 Å². The molecule has 0 aliphatic heterocycles. The van der Waals surface area contributed by atoms with Crippen molar-refractivity contribution in [2.75, 3.05) is 39.4 Å². The molecule has 4 aromatic carbocycles. The Balaban J connectivity index is 0.923. The van der Waals surface area contributed by atoms with Crippen molar-refractivity contribution < 1.29 is 28.9 Å². The van der Waals surface area contributed by atoms with E-state index in [4.69, 9.17) is 32.7 Å². The second-order valence-corrected chi connectivity index (χ2v) is 14.0. The highest BCUT2D eigenvalue weighted by molar-refractivity contribution is 6.33. The summed E-state index contributed by atoms with van der Waals surface area (Å²) in [7, 11) is 0. The highest BCUT2D eigenvalue weighted by Gasteiger charge is 2.11. The first-order valence-electron chi connectivity index (χ1n) is 19.2. The van der Waals surface area contributed by atoms with E-state index in [-0.39, 0.29) is 33.4 Å². The molecule has 0 atom stereocenters. The molecule has 0 unspecified atom stereocenters. The minimum absolute atomic E-state index is 0.111. The van der Waals surface area contributed by atoms with Crippen molar-refractivity contribution in [3.05, 3.63) is 126 Å². The van der Waals surface area contributed by atoms with Crippen LogP contribution in [0.1, 0.15) is 56.1 Å². The van der Waals surface area contributed by atoms with Gasteiger partial charge in [0.05, 0.1) is 31.3 Å². The van der Waals surface area contributed by atoms with E-state index in [9.17, 15) is 29.8 Å². The largest absolute Gasteiger partial charge is 0.464 e. The predicted octanol–water partition coefficient (Wildman–Crippen LogP) is 10.4. The molecule has 0 saturated heterocycles. The summed E-state index contributed by atoms with van der Waals surface area (Å²) in [6.45, 7) is 3.13. The Kier molecular flexibility index (Phi) is 20.0. The first-order chi connectivity index (χ1) is 28.6. The molecule has 0 spiro atoms. The van der Waals surface area contributed by atoms with Crippen LogP contribution in [0.25, 0.3) is 0 Å². The number of carbonyl (C=O) groups excluding carboxylic acids is 2. The van der Waals surface area contributed by atoms with E-state index < -0.39 is 9.85 Å². The normalized spacial score (nSPS) is 11.3. The summed E-state index contributed by atoms with van der Waals surface area (Å²) in [6.07, 6.45) is 6.49. The highest BCUT2D eigenvalue weighted by Crippen LogP contribution is 2.31. The molecule has 0 bridgehead atoms. The second-order valence-electron chi connectivity index (χ2n) is 13.2.